The highest BCUT2D eigenvalue weighted by atomic mass is 16.5. The summed E-state index contributed by atoms with van der Waals surface area (Å²) in [4.78, 5) is 23.8. The number of carbonyl (C=O) groups is 2. The van der Waals surface area contributed by atoms with E-state index in [9.17, 15) is 9.59 Å². The van der Waals surface area contributed by atoms with Crippen molar-refractivity contribution in [3.05, 3.63) is 29.8 Å². The van der Waals surface area contributed by atoms with Crippen LogP contribution in [0.4, 0.5) is 0 Å². The third-order valence-electron chi connectivity index (χ3n) is 2.76. The quantitative estimate of drug-likeness (QED) is 0.713. The molecule has 0 aromatic heterocycles. The Bertz CT molecular complexity index is 474. The van der Waals surface area contributed by atoms with Gasteiger partial charge < -0.3 is 20.1 Å². The molecule has 0 heterocycles. The summed E-state index contributed by atoms with van der Waals surface area (Å²) in [6.45, 7) is 1.79. The molecular formula is C15H22N2O4. The molecule has 0 unspecified atom stereocenters. The van der Waals surface area contributed by atoms with Gasteiger partial charge in [-0.15, -0.1) is 0 Å². The molecule has 0 saturated carbocycles. The van der Waals surface area contributed by atoms with Crippen LogP contribution in [0.5, 0.6) is 5.75 Å². The van der Waals surface area contributed by atoms with E-state index in [-0.39, 0.29) is 18.7 Å². The lowest BCUT2D eigenvalue weighted by molar-refractivity contribution is -0.138. The highest BCUT2D eigenvalue weighted by molar-refractivity contribution is 5.80. The van der Waals surface area contributed by atoms with E-state index in [1.54, 1.807) is 0 Å². The van der Waals surface area contributed by atoms with Crippen molar-refractivity contribution in [2.24, 2.45) is 0 Å². The fourth-order valence-corrected chi connectivity index (χ4v) is 1.60. The zero-order valence-corrected chi connectivity index (χ0v) is 12.5. The number of rotatable bonds is 9. The second-order valence-corrected chi connectivity index (χ2v) is 4.97. The van der Waals surface area contributed by atoms with Crippen molar-refractivity contribution < 1.29 is 19.4 Å². The number of benzene rings is 1. The number of amides is 1. The van der Waals surface area contributed by atoms with Crippen LogP contribution in [0.25, 0.3) is 0 Å². The molecule has 0 bridgehead atoms. The van der Waals surface area contributed by atoms with E-state index < -0.39 is 5.97 Å². The third-order valence-corrected chi connectivity index (χ3v) is 2.76. The van der Waals surface area contributed by atoms with Crippen LogP contribution < -0.4 is 10.1 Å². The van der Waals surface area contributed by atoms with Gasteiger partial charge in [0, 0.05) is 19.5 Å². The van der Waals surface area contributed by atoms with Crippen molar-refractivity contribution in [3.63, 3.8) is 0 Å². The number of aliphatic carboxylic acids is 1. The third kappa shape index (κ3) is 7.94. The molecule has 0 aliphatic carbocycles. The maximum Gasteiger partial charge on any atom is 0.303 e. The van der Waals surface area contributed by atoms with Crippen LogP contribution in [0.15, 0.2) is 24.3 Å². The SMILES string of the molecule is CN(C)CCOc1cccc(CNC(=O)CCC(=O)O)c1. The van der Waals surface area contributed by atoms with Gasteiger partial charge in [0.15, 0.2) is 0 Å². The lowest BCUT2D eigenvalue weighted by atomic mass is 10.2. The highest BCUT2D eigenvalue weighted by Crippen LogP contribution is 2.13. The van der Waals surface area contributed by atoms with Crippen LogP contribution in [0.2, 0.25) is 0 Å². The van der Waals surface area contributed by atoms with E-state index in [0.29, 0.717) is 13.2 Å². The predicted molar refractivity (Wildman–Crippen MR) is 79.2 cm³/mol. The van der Waals surface area contributed by atoms with Crippen LogP contribution in [-0.4, -0.2) is 49.1 Å². The first-order chi connectivity index (χ1) is 9.97. The first-order valence-electron chi connectivity index (χ1n) is 6.82. The Morgan fingerprint density at radius 2 is 2.05 bits per heavy atom. The highest BCUT2D eigenvalue weighted by Gasteiger charge is 2.05. The molecule has 21 heavy (non-hydrogen) atoms. The van der Waals surface area contributed by atoms with Crippen LogP contribution in [-0.2, 0) is 16.1 Å². The number of likely N-dealkylation sites (N-methyl/N-ethyl adjacent to an activating group) is 1. The molecule has 0 fully saturated rings. The lowest BCUT2D eigenvalue weighted by Crippen LogP contribution is -2.23. The second-order valence-electron chi connectivity index (χ2n) is 4.97. The van der Waals surface area contributed by atoms with Crippen molar-refractivity contribution in [2.45, 2.75) is 19.4 Å². The maximum absolute atomic E-state index is 11.4. The van der Waals surface area contributed by atoms with Crippen LogP contribution >= 0.6 is 0 Å². The van der Waals surface area contributed by atoms with Crippen molar-refractivity contribution in [3.8, 4) is 5.75 Å². The molecule has 6 heteroatoms. The summed E-state index contributed by atoms with van der Waals surface area (Å²) in [7, 11) is 3.96. The molecule has 0 spiro atoms. The van der Waals surface area contributed by atoms with Gasteiger partial charge in [-0.3, -0.25) is 9.59 Å². The monoisotopic (exact) mass is 294 g/mol. The standard InChI is InChI=1S/C15H22N2O4/c1-17(2)8-9-21-13-5-3-4-12(10-13)11-16-14(18)6-7-15(19)20/h3-5,10H,6-9,11H2,1-2H3,(H,16,18)(H,19,20). The van der Waals surface area contributed by atoms with Crippen molar-refractivity contribution >= 4 is 11.9 Å². The van der Waals surface area contributed by atoms with Crippen LogP contribution in [0, 0.1) is 0 Å². The van der Waals surface area contributed by atoms with Gasteiger partial charge in [0.1, 0.15) is 12.4 Å². The van der Waals surface area contributed by atoms with E-state index in [1.165, 1.54) is 0 Å². The lowest BCUT2D eigenvalue weighted by Gasteiger charge is -2.12. The first kappa shape index (κ1) is 17.0. The van der Waals surface area contributed by atoms with E-state index in [0.717, 1.165) is 17.9 Å². The zero-order chi connectivity index (χ0) is 15.7. The van der Waals surface area contributed by atoms with Gasteiger partial charge in [-0.2, -0.15) is 0 Å². The van der Waals surface area contributed by atoms with Crippen LogP contribution in [0.1, 0.15) is 18.4 Å². The molecule has 1 aromatic rings. The molecule has 2 N–H and O–H groups in total. The van der Waals surface area contributed by atoms with Crippen molar-refractivity contribution in [1.29, 1.82) is 0 Å². The van der Waals surface area contributed by atoms with E-state index >= 15 is 0 Å². The Hall–Kier alpha value is -2.08. The average Bonchev–Trinajstić information content (AvgIpc) is 2.43. The molecule has 0 radical (unpaired) electrons. The summed E-state index contributed by atoms with van der Waals surface area (Å²) in [5.41, 5.74) is 0.918. The van der Waals surface area contributed by atoms with Gasteiger partial charge in [-0.05, 0) is 31.8 Å². The minimum atomic E-state index is -0.971. The number of carboxylic acid groups (broad SMARTS) is 1. The largest absolute Gasteiger partial charge is 0.492 e. The summed E-state index contributed by atoms with van der Waals surface area (Å²) in [6, 6.07) is 7.48. The number of carbonyl (C=O) groups excluding carboxylic acids is 1. The fourth-order valence-electron chi connectivity index (χ4n) is 1.60. The molecule has 0 aliphatic rings. The number of ether oxygens (including phenoxy) is 1. The summed E-state index contributed by atoms with van der Waals surface area (Å²) in [5, 5.41) is 11.2. The minimum absolute atomic E-state index is 0.00560. The first-order valence-corrected chi connectivity index (χ1v) is 6.82. The molecule has 1 aromatic carbocycles. The minimum Gasteiger partial charge on any atom is -0.492 e. The molecule has 116 valence electrons. The Morgan fingerprint density at radius 1 is 1.29 bits per heavy atom. The topological polar surface area (TPSA) is 78.9 Å². The van der Waals surface area contributed by atoms with Gasteiger partial charge in [-0.25, -0.2) is 0 Å². The molecule has 1 amide bonds. The number of carboxylic acids is 1. The van der Waals surface area contributed by atoms with Gasteiger partial charge in [0.05, 0.1) is 6.42 Å². The van der Waals surface area contributed by atoms with Crippen molar-refractivity contribution in [2.75, 3.05) is 27.2 Å². The normalized spacial score (nSPS) is 10.4. The van der Waals surface area contributed by atoms with Crippen LogP contribution in [0.3, 0.4) is 0 Å². The van der Waals surface area contributed by atoms with Crippen molar-refractivity contribution in [1.82, 2.24) is 10.2 Å². The molecule has 0 saturated heterocycles. The molecule has 0 atom stereocenters. The molecule has 0 aliphatic heterocycles. The molecule has 6 nitrogen and oxygen atoms in total. The van der Waals surface area contributed by atoms with Gasteiger partial charge in [0.25, 0.3) is 0 Å². The van der Waals surface area contributed by atoms with E-state index in [1.807, 2.05) is 43.3 Å². The zero-order valence-electron chi connectivity index (χ0n) is 12.5. The number of hydrogen-bond acceptors (Lipinski definition) is 4. The Kier molecular flexibility index (Phi) is 7.25. The number of hydrogen-bond donors (Lipinski definition) is 2. The summed E-state index contributed by atoms with van der Waals surface area (Å²) >= 11 is 0. The van der Waals surface area contributed by atoms with Gasteiger partial charge in [-0.1, -0.05) is 12.1 Å². The second kappa shape index (κ2) is 8.97. The number of nitrogens with zero attached hydrogens (tertiary/aromatic N) is 1. The predicted octanol–water partition coefficient (Wildman–Crippen LogP) is 1.11. The summed E-state index contributed by atoms with van der Waals surface area (Å²) in [6.07, 6.45) is -0.159. The summed E-state index contributed by atoms with van der Waals surface area (Å²) in [5.74, 6) is -0.480. The number of nitrogens with one attached hydrogen (secondary N) is 1. The smallest absolute Gasteiger partial charge is 0.303 e. The average molecular weight is 294 g/mol. The summed E-state index contributed by atoms with van der Waals surface area (Å²) < 4.78 is 5.61. The van der Waals surface area contributed by atoms with E-state index in [2.05, 4.69) is 5.32 Å². The fraction of sp³-hybridized carbons (Fsp3) is 0.467. The molecular weight excluding hydrogens is 272 g/mol. The molecule has 1 rings (SSSR count). The van der Waals surface area contributed by atoms with Gasteiger partial charge >= 0.3 is 5.97 Å². The maximum atomic E-state index is 11.4. The Balaban J connectivity index is 2.38. The Labute approximate surface area is 124 Å². The van der Waals surface area contributed by atoms with E-state index in [4.69, 9.17) is 9.84 Å². The Morgan fingerprint density at radius 3 is 2.71 bits per heavy atom. The van der Waals surface area contributed by atoms with Gasteiger partial charge in [0.2, 0.25) is 5.91 Å².